The number of hydrogen-bond acceptors (Lipinski definition) is 2. The molecular formula is C17H26Cl2N2. The molecule has 1 heterocycles. The van der Waals surface area contributed by atoms with Crippen LogP contribution < -0.4 is 5.32 Å². The molecule has 0 atom stereocenters. The van der Waals surface area contributed by atoms with E-state index >= 15 is 0 Å². The number of likely N-dealkylation sites (tertiary alicyclic amines) is 1. The predicted octanol–water partition coefficient (Wildman–Crippen LogP) is 4.59. The molecule has 1 N–H and O–H groups in total. The minimum Gasteiger partial charge on any atom is -0.312 e. The zero-order valence-electron chi connectivity index (χ0n) is 13.3. The van der Waals surface area contributed by atoms with Gasteiger partial charge >= 0.3 is 0 Å². The Balaban J connectivity index is 1.77. The van der Waals surface area contributed by atoms with Crippen LogP contribution in [0.5, 0.6) is 0 Å². The number of benzene rings is 1. The van der Waals surface area contributed by atoms with Crippen LogP contribution in [0.25, 0.3) is 0 Å². The molecule has 0 radical (unpaired) electrons. The number of rotatable bonds is 4. The molecule has 0 spiro atoms. The summed E-state index contributed by atoms with van der Waals surface area (Å²) in [6, 6.07) is 5.94. The van der Waals surface area contributed by atoms with Crippen molar-refractivity contribution in [1.82, 2.24) is 10.2 Å². The maximum absolute atomic E-state index is 6.08. The SMILES string of the molecule is CC(C)(C)NCC1CCN(Cc2ccc(Cl)c(Cl)c2)CC1. The Morgan fingerprint density at radius 3 is 2.38 bits per heavy atom. The van der Waals surface area contributed by atoms with Gasteiger partial charge in [0.2, 0.25) is 0 Å². The Morgan fingerprint density at radius 1 is 1.14 bits per heavy atom. The summed E-state index contributed by atoms with van der Waals surface area (Å²) in [7, 11) is 0. The van der Waals surface area contributed by atoms with E-state index in [4.69, 9.17) is 23.2 Å². The number of nitrogens with one attached hydrogen (secondary N) is 1. The zero-order valence-corrected chi connectivity index (χ0v) is 14.8. The van der Waals surface area contributed by atoms with Crippen molar-refractivity contribution >= 4 is 23.2 Å². The highest BCUT2D eigenvalue weighted by Gasteiger charge is 2.21. The van der Waals surface area contributed by atoms with E-state index in [1.807, 2.05) is 12.1 Å². The molecule has 0 amide bonds. The first kappa shape index (κ1) is 17.1. The van der Waals surface area contributed by atoms with Gasteiger partial charge in [-0.25, -0.2) is 0 Å². The molecule has 0 saturated carbocycles. The third kappa shape index (κ3) is 5.78. The van der Waals surface area contributed by atoms with Crippen LogP contribution in [0.2, 0.25) is 10.0 Å². The largest absolute Gasteiger partial charge is 0.312 e. The van der Waals surface area contributed by atoms with Crippen LogP contribution in [-0.4, -0.2) is 30.1 Å². The fourth-order valence-corrected chi connectivity index (χ4v) is 3.02. The maximum Gasteiger partial charge on any atom is 0.0595 e. The highest BCUT2D eigenvalue weighted by Crippen LogP contribution is 2.24. The minimum atomic E-state index is 0.219. The molecule has 1 saturated heterocycles. The molecule has 21 heavy (non-hydrogen) atoms. The monoisotopic (exact) mass is 328 g/mol. The second-order valence-corrected chi connectivity index (χ2v) is 7.91. The molecule has 1 aliphatic rings. The summed E-state index contributed by atoms with van der Waals surface area (Å²) < 4.78 is 0. The van der Waals surface area contributed by atoms with Gasteiger partial charge < -0.3 is 5.32 Å². The summed E-state index contributed by atoms with van der Waals surface area (Å²) in [5.41, 5.74) is 1.47. The van der Waals surface area contributed by atoms with E-state index in [1.165, 1.54) is 18.4 Å². The van der Waals surface area contributed by atoms with Crippen LogP contribution in [0.1, 0.15) is 39.2 Å². The molecule has 0 bridgehead atoms. The highest BCUT2D eigenvalue weighted by molar-refractivity contribution is 6.42. The van der Waals surface area contributed by atoms with Crippen molar-refractivity contribution < 1.29 is 0 Å². The molecule has 1 aliphatic heterocycles. The average Bonchev–Trinajstić information content (AvgIpc) is 2.41. The van der Waals surface area contributed by atoms with E-state index in [9.17, 15) is 0 Å². The van der Waals surface area contributed by atoms with Crippen LogP contribution >= 0.6 is 23.2 Å². The molecule has 0 aromatic heterocycles. The normalized spacial score (nSPS) is 18.1. The lowest BCUT2D eigenvalue weighted by Crippen LogP contribution is -2.42. The fraction of sp³-hybridized carbons (Fsp3) is 0.647. The van der Waals surface area contributed by atoms with Crippen LogP contribution in [0.4, 0.5) is 0 Å². The third-order valence-electron chi connectivity index (χ3n) is 4.02. The molecule has 1 aromatic carbocycles. The Bertz CT molecular complexity index is 460. The zero-order chi connectivity index (χ0) is 15.5. The van der Waals surface area contributed by atoms with Crippen LogP contribution in [0, 0.1) is 5.92 Å². The van der Waals surface area contributed by atoms with E-state index in [-0.39, 0.29) is 5.54 Å². The van der Waals surface area contributed by atoms with Crippen molar-refractivity contribution in [3.8, 4) is 0 Å². The molecule has 0 unspecified atom stereocenters. The van der Waals surface area contributed by atoms with E-state index in [0.29, 0.717) is 10.0 Å². The van der Waals surface area contributed by atoms with E-state index in [0.717, 1.165) is 32.1 Å². The first-order chi connectivity index (χ1) is 9.83. The Morgan fingerprint density at radius 2 is 1.81 bits per heavy atom. The number of nitrogens with zero attached hydrogens (tertiary/aromatic N) is 1. The molecule has 1 fully saturated rings. The van der Waals surface area contributed by atoms with Gasteiger partial charge in [-0.15, -0.1) is 0 Å². The summed E-state index contributed by atoms with van der Waals surface area (Å²) in [6.07, 6.45) is 2.54. The van der Waals surface area contributed by atoms with Crippen molar-refractivity contribution in [2.75, 3.05) is 19.6 Å². The standard InChI is InChI=1S/C17H26Cl2N2/c1-17(2,3)20-11-13-6-8-21(9-7-13)12-14-4-5-15(18)16(19)10-14/h4-5,10,13,20H,6-9,11-12H2,1-3H3. The van der Waals surface area contributed by atoms with Gasteiger partial charge in [-0.2, -0.15) is 0 Å². The Kier molecular flexibility index (Phi) is 5.96. The topological polar surface area (TPSA) is 15.3 Å². The predicted molar refractivity (Wildman–Crippen MR) is 92.2 cm³/mol. The molecule has 2 rings (SSSR count). The van der Waals surface area contributed by atoms with Gasteiger partial charge in [0.05, 0.1) is 10.0 Å². The molecule has 2 nitrogen and oxygen atoms in total. The molecule has 4 heteroatoms. The first-order valence-electron chi connectivity index (χ1n) is 7.75. The summed E-state index contributed by atoms with van der Waals surface area (Å²) in [6.45, 7) is 11.1. The van der Waals surface area contributed by atoms with Gasteiger partial charge in [-0.1, -0.05) is 29.3 Å². The van der Waals surface area contributed by atoms with Crippen molar-refractivity contribution in [2.24, 2.45) is 5.92 Å². The minimum absolute atomic E-state index is 0.219. The number of halogens is 2. The fourth-order valence-electron chi connectivity index (χ4n) is 2.70. The first-order valence-corrected chi connectivity index (χ1v) is 8.50. The molecule has 118 valence electrons. The van der Waals surface area contributed by atoms with Gasteiger partial charge in [0, 0.05) is 12.1 Å². The van der Waals surface area contributed by atoms with Crippen LogP contribution in [-0.2, 0) is 6.54 Å². The van der Waals surface area contributed by atoms with Gasteiger partial charge in [0.25, 0.3) is 0 Å². The summed E-state index contributed by atoms with van der Waals surface area (Å²) in [4.78, 5) is 2.51. The second kappa shape index (κ2) is 7.32. The van der Waals surface area contributed by atoms with Crippen molar-refractivity contribution in [1.29, 1.82) is 0 Å². The third-order valence-corrected chi connectivity index (χ3v) is 4.76. The van der Waals surface area contributed by atoms with Gasteiger partial charge in [0.15, 0.2) is 0 Å². The molecule has 0 aliphatic carbocycles. The Labute approximate surface area is 138 Å². The van der Waals surface area contributed by atoms with Crippen LogP contribution in [0.15, 0.2) is 18.2 Å². The maximum atomic E-state index is 6.08. The van der Waals surface area contributed by atoms with E-state index < -0.39 is 0 Å². The Hall–Kier alpha value is -0.280. The highest BCUT2D eigenvalue weighted by atomic mass is 35.5. The summed E-state index contributed by atoms with van der Waals surface area (Å²) in [5, 5.41) is 4.90. The van der Waals surface area contributed by atoms with Gasteiger partial charge in [0.1, 0.15) is 0 Å². The lowest BCUT2D eigenvalue weighted by Gasteiger charge is -2.33. The second-order valence-electron chi connectivity index (χ2n) is 7.10. The lowest BCUT2D eigenvalue weighted by molar-refractivity contribution is 0.170. The summed E-state index contributed by atoms with van der Waals surface area (Å²) in [5.74, 6) is 0.800. The average molecular weight is 329 g/mol. The quantitative estimate of drug-likeness (QED) is 0.869. The van der Waals surface area contributed by atoms with Crippen molar-refractivity contribution in [3.63, 3.8) is 0 Å². The molecule has 1 aromatic rings. The van der Waals surface area contributed by atoms with E-state index in [2.05, 4.69) is 37.1 Å². The summed E-state index contributed by atoms with van der Waals surface area (Å²) >= 11 is 12.0. The number of piperidine rings is 1. The van der Waals surface area contributed by atoms with E-state index in [1.54, 1.807) is 0 Å². The van der Waals surface area contributed by atoms with Crippen LogP contribution in [0.3, 0.4) is 0 Å². The van der Waals surface area contributed by atoms with Gasteiger partial charge in [-0.05, 0) is 76.9 Å². The number of hydrogen-bond donors (Lipinski definition) is 1. The van der Waals surface area contributed by atoms with Crippen molar-refractivity contribution in [2.45, 2.75) is 45.7 Å². The van der Waals surface area contributed by atoms with Crippen molar-refractivity contribution in [3.05, 3.63) is 33.8 Å². The lowest BCUT2D eigenvalue weighted by atomic mass is 9.95. The molecular weight excluding hydrogens is 303 g/mol. The smallest absolute Gasteiger partial charge is 0.0595 e. The van der Waals surface area contributed by atoms with Gasteiger partial charge in [-0.3, -0.25) is 4.90 Å².